The molecule has 8 heteroatoms. The van der Waals surface area contributed by atoms with Crippen molar-refractivity contribution < 1.29 is 74.9 Å². The maximum absolute atomic E-state index is 11.1. The summed E-state index contributed by atoms with van der Waals surface area (Å²) in [4.78, 5) is 3.95. The molecule has 1 heterocycles. The number of thiazole rings is 1. The molecule has 16 heavy (non-hydrogen) atoms. The SMILES string of the molecule is Cc1ccc2ncsc2c1S(=O)(=O)O.[H-].[H-].[Na+].[Na+]. The van der Waals surface area contributed by atoms with Crippen LogP contribution < -0.4 is 59.1 Å². The van der Waals surface area contributed by atoms with Crippen molar-refractivity contribution in [2.45, 2.75) is 11.8 Å². The van der Waals surface area contributed by atoms with Gasteiger partial charge in [-0.25, -0.2) is 4.98 Å². The first-order valence-electron chi connectivity index (χ1n) is 3.80. The van der Waals surface area contributed by atoms with E-state index in [0.717, 1.165) is 0 Å². The molecule has 0 atom stereocenters. The Morgan fingerprint density at radius 1 is 1.38 bits per heavy atom. The number of nitrogens with zero attached hydrogens (tertiary/aromatic N) is 1. The number of aryl methyl sites for hydroxylation is 1. The molecule has 0 saturated carbocycles. The summed E-state index contributed by atoms with van der Waals surface area (Å²) in [5.41, 5.74) is 2.68. The van der Waals surface area contributed by atoms with Gasteiger partial charge in [-0.05, 0) is 18.6 Å². The fraction of sp³-hybridized carbons (Fsp3) is 0.125. The molecule has 0 aliphatic carbocycles. The van der Waals surface area contributed by atoms with Gasteiger partial charge in [-0.1, -0.05) is 6.07 Å². The third-order valence-electron chi connectivity index (χ3n) is 1.91. The first-order valence-corrected chi connectivity index (χ1v) is 6.12. The van der Waals surface area contributed by atoms with Crippen LogP contribution in [0.25, 0.3) is 10.2 Å². The van der Waals surface area contributed by atoms with Gasteiger partial charge in [-0.2, -0.15) is 8.42 Å². The zero-order valence-corrected chi connectivity index (χ0v) is 14.9. The van der Waals surface area contributed by atoms with Gasteiger partial charge in [0.05, 0.1) is 15.7 Å². The van der Waals surface area contributed by atoms with E-state index in [0.29, 0.717) is 15.8 Å². The number of fused-ring (bicyclic) bond motifs is 1. The van der Waals surface area contributed by atoms with E-state index in [4.69, 9.17) is 4.55 Å². The first-order chi connectivity index (χ1) is 6.50. The molecule has 4 nitrogen and oxygen atoms in total. The third-order valence-corrected chi connectivity index (χ3v) is 3.94. The van der Waals surface area contributed by atoms with Gasteiger partial charge in [0, 0.05) is 0 Å². The standard InChI is InChI=1S/C8H7NO3S2.2Na.2H/c1-5-2-3-6-7(13-4-9-6)8(5)14(10,11)12;;;;/h2-4H,1H3,(H,10,11,12);;;;/q;2*+1;2*-1. The van der Waals surface area contributed by atoms with Crippen LogP contribution >= 0.6 is 11.3 Å². The smallest absolute Gasteiger partial charge is 1.00 e. The second-order valence-corrected chi connectivity index (χ2v) is 5.10. The van der Waals surface area contributed by atoms with E-state index >= 15 is 0 Å². The molecule has 0 aliphatic rings. The number of aromatic nitrogens is 1. The summed E-state index contributed by atoms with van der Waals surface area (Å²) in [5.74, 6) is 0. The Kier molecular flexibility index (Phi) is 6.66. The molecule has 0 unspecified atom stereocenters. The predicted octanol–water partition coefficient (Wildman–Crippen LogP) is -3.92. The minimum Gasteiger partial charge on any atom is -1.00 e. The molecule has 0 aliphatic heterocycles. The molecule has 0 bridgehead atoms. The maximum atomic E-state index is 11.1. The first kappa shape index (κ1) is 17.0. The zero-order valence-electron chi connectivity index (χ0n) is 11.3. The van der Waals surface area contributed by atoms with Crippen molar-refractivity contribution in [2.75, 3.05) is 0 Å². The molecule has 0 spiro atoms. The van der Waals surface area contributed by atoms with E-state index in [2.05, 4.69) is 4.98 Å². The van der Waals surface area contributed by atoms with Crippen LogP contribution in [0.3, 0.4) is 0 Å². The average molecular weight is 277 g/mol. The van der Waals surface area contributed by atoms with Gasteiger partial charge in [0.2, 0.25) is 0 Å². The fourth-order valence-corrected chi connectivity index (χ4v) is 3.38. The number of hydrogen-bond acceptors (Lipinski definition) is 4. The van der Waals surface area contributed by atoms with Crippen molar-refractivity contribution in [1.29, 1.82) is 0 Å². The second-order valence-electron chi connectivity index (χ2n) is 2.89. The molecular formula is C8H9NNa2O3S2. The van der Waals surface area contributed by atoms with Crippen molar-refractivity contribution in [3.8, 4) is 0 Å². The van der Waals surface area contributed by atoms with Crippen molar-refractivity contribution in [3.05, 3.63) is 23.2 Å². The average Bonchev–Trinajstić information content (AvgIpc) is 2.48. The van der Waals surface area contributed by atoms with Crippen LogP contribution in [-0.4, -0.2) is 18.0 Å². The minimum atomic E-state index is -4.16. The van der Waals surface area contributed by atoms with E-state index in [-0.39, 0.29) is 66.9 Å². The van der Waals surface area contributed by atoms with Crippen molar-refractivity contribution in [2.24, 2.45) is 0 Å². The zero-order chi connectivity index (χ0) is 10.3. The van der Waals surface area contributed by atoms with Crippen molar-refractivity contribution in [1.82, 2.24) is 4.98 Å². The minimum absolute atomic E-state index is 0. The Morgan fingerprint density at radius 2 is 2.00 bits per heavy atom. The topological polar surface area (TPSA) is 67.3 Å². The van der Waals surface area contributed by atoms with Gasteiger partial charge in [0.15, 0.2) is 0 Å². The summed E-state index contributed by atoms with van der Waals surface area (Å²) in [6.07, 6.45) is 0. The summed E-state index contributed by atoms with van der Waals surface area (Å²) in [6.45, 7) is 1.64. The molecule has 1 N–H and O–H groups in total. The van der Waals surface area contributed by atoms with Crippen LogP contribution in [0.2, 0.25) is 0 Å². The summed E-state index contributed by atoms with van der Waals surface area (Å²) < 4.78 is 31.7. The van der Waals surface area contributed by atoms with Gasteiger partial charge in [0.25, 0.3) is 10.1 Å². The van der Waals surface area contributed by atoms with E-state index in [1.165, 1.54) is 11.3 Å². The summed E-state index contributed by atoms with van der Waals surface area (Å²) in [6, 6.07) is 3.36. The molecule has 1 aromatic heterocycles. The number of hydrogen-bond donors (Lipinski definition) is 1. The molecule has 2 aromatic rings. The summed E-state index contributed by atoms with van der Waals surface area (Å²) in [5, 5.41) is 0. The molecule has 0 saturated heterocycles. The number of benzene rings is 1. The Bertz CT molecular complexity index is 603. The Labute approximate surface area is 145 Å². The van der Waals surface area contributed by atoms with Gasteiger partial charge < -0.3 is 2.85 Å². The molecule has 0 radical (unpaired) electrons. The molecule has 0 amide bonds. The molecular weight excluding hydrogens is 268 g/mol. The van der Waals surface area contributed by atoms with Crippen molar-refractivity contribution in [3.63, 3.8) is 0 Å². The van der Waals surface area contributed by atoms with Crippen LogP contribution in [0.15, 0.2) is 22.5 Å². The normalized spacial score (nSPS) is 10.6. The van der Waals surface area contributed by atoms with E-state index < -0.39 is 10.1 Å². The molecule has 78 valence electrons. The van der Waals surface area contributed by atoms with Crippen LogP contribution in [-0.2, 0) is 10.1 Å². The van der Waals surface area contributed by atoms with Crippen molar-refractivity contribution >= 4 is 31.7 Å². The Balaban J connectivity index is -0.000000562. The van der Waals surface area contributed by atoms with Crippen LogP contribution in [0.1, 0.15) is 8.42 Å². The van der Waals surface area contributed by atoms with E-state index in [1.807, 2.05) is 0 Å². The van der Waals surface area contributed by atoms with Gasteiger partial charge in [-0.15, -0.1) is 11.3 Å². The van der Waals surface area contributed by atoms with Crippen LogP contribution in [0, 0.1) is 6.92 Å². The quantitative estimate of drug-likeness (QED) is 0.427. The van der Waals surface area contributed by atoms with Crippen LogP contribution in [0.5, 0.6) is 0 Å². The van der Waals surface area contributed by atoms with Gasteiger partial charge >= 0.3 is 59.1 Å². The van der Waals surface area contributed by atoms with Crippen LogP contribution in [0.4, 0.5) is 0 Å². The van der Waals surface area contributed by atoms with Gasteiger partial charge in [-0.3, -0.25) is 4.55 Å². The number of rotatable bonds is 1. The molecule has 1 aromatic carbocycles. The molecule has 2 rings (SSSR count). The maximum Gasteiger partial charge on any atom is 1.00 e. The predicted molar refractivity (Wildman–Crippen MR) is 56.4 cm³/mol. The Morgan fingerprint density at radius 3 is 2.56 bits per heavy atom. The van der Waals surface area contributed by atoms with E-state index in [1.54, 1.807) is 24.6 Å². The third kappa shape index (κ3) is 3.28. The van der Waals surface area contributed by atoms with Gasteiger partial charge in [0.1, 0.15) is 4.90 Å². The molecule has 0 fully saturated rings. The largest absolute Gasteiger partial charge is 1.00 e. The monoisotopic (exact) mass is 277 g/mol. The summed E-state index contributed by atoms with van der Waals surface area (Å²) in [7, 11) is -4.16. The summed E-state index contributed by atoms with van der Waals surface area (Å²) >= 11 is 1.20. The second kappa shape index (κ2) is 6.26. The van der Waals surface area contributed by atoms with E-state index in [9.17, 15) is 8.42 Å². The Hall–Kier alpha value is 1.02. The fourth-order valence-electron chi connectivity index (χ4n) is 1.32.